The molecule has 0 saturated carbocycles. The summed E-state index contributed by atoms with van der Waals surface area (Å²) < 4.78 is 7.13. The van der Waals surface area contributed by atoms with Crippen molar-refractivity contribution in [3.05, 3.63) is 64.6 Å². The number of nitrogens with zero attached hydrogens (tertiary/aromatic N) is 1. The molecule has 0 bridgehead atoms. The number of aromatic nitrogens is 1. The lowest BCUT2D eigenvalue weighted by molar-refractivity contribution is -0.130. The van der Waals surface area contributed by atoms with Crippen molar-refractivity contribution < 1.29 is 14.3 Å². The number of nitrogens with one attached hydrogen (secondary N) is 2. The van der Waals surface area contributed by atoms with Gasteiger partial charge >= 0.3 is 0 Å². The Morgan fingerprint density at radius 1 is 1.04 bits per heavy atom. The third kappa shape index (κ3) is 5.80. The summed E-state index contributed by atoms with van der Waals surface area (Å²) in [4.78, 5) is 35.1. The third-order valence-corrected chi connectivity index (χ3v) is 6.80. The summed E-state index contributed by atoms with van der Waals surface area (Å²) in [5.41, 5.74) is 5.47. The van der Waals surface area contributed by atoms with E-state index in [4.69, 9.17) is 4.74 Å². The van der Waals surface area contributed by atoms with Crippen LogP contribution in [0.2, 0.25) is 0 Å². The molecule has 2 heterocycles. The van der Waals surface area contributed by atoms with Crippen LogP contribution in [0.3, 0.4) is 0 Å². The van der Waals surface area contributed by atoms with Crippen molar-refractivity contribution in [2.75, 3.05) is 18.1 Å². The Hall–Kier alpha value is -2.39. The molecule has 0 unspecified atom stereocenters. The van der Waals surface area contributed by atoms with Crippen molar-refractivity contribution in [1.82, 2.24) is 15.4 Å². The topological polar surface area (TPSA) is 89.4 Å². The average molecular weight is 406 g/mol. The van der Waals surface area contributed by atoms with Gasteiger partial charge in [-0.3, -0.25) is 25.2 Å². The molecule has 1 aromatic carbocycles. The van der Waals surface area contributed by atoms with Crippen molar-refractivity contribution in [3.63, 3.8) is 0 Å². The minimum atomic E-state index is -0.507. The number of carbonyl (C=O) groups is 2. The molecule has 2 aromatic rings. The van der Waals surface area contributed by atoms with Crippen LogP contribution in [0.5, 0.6) is 5.75 Å². The Morgan fingerprint density at radius 3 is 2.44 bits per heavy atom. The smallest absolute Gasteiger partial charge is 0.276 e. The maximum atomic E-state index is 11.8. The number of hydrazine groups is 1. The zero-order valence-electron chi connectivity index (χ0n) is 14.4. The van der Waals surface area contributed by atoms with Gasteiger partial charge in [0.25, 0.3) is 17.4 Å². The van der Waals surface area contributed by atoms with Crippen molar-refractivity contribution in [1.29, 1.82) is 0 Å². The quantitative estimate of drug-likeness (QED) is 0.709. The highest BCUT2D eigenvalue weighted by molar-refractivity contribution is 8.19. The molecule has 2 N–H and O–H groups in total. The van der Waals surface area contributed by atoms with Crippen LogP contribution >= 0.6 is 23.5 Å². The molecule has 2 amide bonds. The Morgan fingerprint density at radius 2 is 1.74 bits per heavy atom. The van der Waals surface area contributed by atoms with Crippen LogP contribution in [0, 0.1) is 0 Å². The molecule has 1 saturated heterocycles. The fraction of sp³-hybridized carbons (Fsp3) is 0.278. The predicted molar refractivity (Wildman–Crippen MR) is 107 cm³/mol. The van der Waals surface area contributed by atoms with Crippen LogP contribution in [0.4, 0.5) is 0 Å². The standard InChI is InChI=1S/C18H19N3O4S2/c22-15(11-21-8-2-1-3-17(21)24)19-20-16(23)12-25-14-6-4-13(5-7-14)18-26-9-10-27-18/h1-8,18H,9-12H2,(H,19,22)(H,20,23). The lowest BCUT2D eigenvalue weighted by Gasteiger charge is -2.11. The molecule has 7 nitrogen and oxygen atoms in total. The second kappa shape index (κ2) is 9.52. The number of benzene rings is 1. The SMILES string of the molecule is O=C(COc1ccc(C2SCCS2)cc1)NNC(=O)Cn1ccccc1=O. The summed E-state index contributed by atoms with van der Waals surface area (Å²) >= 11 is 3.85. The Kier molecular flexibility index (Phi) is 6.83. The molecule has 9 heteroatoms. The molecule has 1 aliphatic rings. The molecule has 1 fully saturated rings. The van der Waals surface area contributed by atoms with E-state index in [1.165, 1.54) is 33.9 Å². The number of pyridine rings is 1. The summed E-state index contributed by atoms with van der Waals surface area (Å²) in [7, 11) is 0. The monoisotopic (exact) mass is 405 g/mol. The second-order valence-corrected chi connectivity index (χ2v) is 8.42. The normalized spacial score (nSPS) is 13.9. The van der Waals surface area contributed by atoms with Gasteiger partial charge in [0.05, 0.1) is 4.58 Å². The van der Waals surface area contributed by atoms with Gasteiger partial charge in [0, 0.05) is 23.8 Å². The lowest BCUT2D eigenvalue weighted by atomic mass is 10.2. The van der Waals surface area contributed by atoms with Gasteiger partial charge in [-0.25, -0.2) is 0 Å². The summed E-state index contributed by atoms with van der Waals surface area (Å²) in [6.45, 7) is -0.405. The molecule has 1 aliphatic heterocycles. The van der Waals surface area contributed by atoms with Crippen LogP contribution in [0.1, 0.15) is 10.1 Å². The van der Waals surface area contributed by atoms with E-state index in [1.54, 1.807) is 12.1 Å². The van der Waals surface area contributed by atoms with E-state index in [-0.39, 0.29) is 18.7 Å². The number of rotatable bonds is 6. The van der Waals surface area contributed by atoms with Gasteiger partial charge < -0.3 is 9.30 Å². The Bertz CT molecular complexity index is 848. The first-order valence-electron chi connectivity index (χ1n) is 8.31. The van der Waals surface area contributed by atoms with E-state index in [2.05, 4.69) is 10.9 Å². The number of ether oxygens (including phenoxy) is 1. The van der Waals surface area contributed by atoms with E-state index in [0.29, 0.717) is 10.3 Å². The van der Waals surface area contributed by atoms with Crippen molar-refractivity contribution in [3.8, 4) is 5.75 Å². The van der Waals surface area contributed by atoms with Gasteiger partial charge in [0.15, 0.2) is 6.61 Å². The first-order chi connectivity index (χ1) is 13.1. The van der Waals surface area contributed by atoms with Gasteiger partial charge in [-0.1, -0.05) is 18.2 Å². The van der Waals surface area contributed by atoms with Crippen LogP contribution in [-0.4, -0.2) is 34.5 Å². The zero-order valence-corrected chi connectivity index (χ0v) is 16.1. The summed E-state index contributed by atoms with van der Waals surface area (Å²) in [6, 6.07) is 12.3. The lowest BCUT2D eigenvalue weighted by Crippen LogP contribution is -2.45. The molecule has 1 aromatic heterocycles. The summed E-state index contributed by atoms with van der Waals surface area (Å²) in [6.07, 6.45) is 1.50. The molecule has 142 valence electrons. The fourth-order valence-corrected chi connectivity index (χ4v) is 5.24. The van der Waals surface area contributed by atoms with E-state index in [9.17, 15) is 14.4 Å². The van der Waals surface area contributed by atoms with Crippen molar-refractivity contribution in [2.45, 2.75) is 11.1 Å². The predicted octanol–water partition coefficient (Wildman–Crippen LogP) is 1.55. The van der Waals surface area contributed by atoms with E-state index < -0.39 is 11.8 Å². The fourth-order valence-electron chi connectivity index (χ4n) is 2.38. The minimum Gasteiger partial charge on any atom is -0.484 e. The van der Waals surface area contributed by atoms with Crippen LogP contribution < -0.4 is 21.1 Å². The first-order valence-corrected chi connectivity index (χ1v) is 10.4. The summed E-state index contributed by atoms with van der Waals surface area (Å²) in [5, 5.41) is 0. The van der Waals surface area contributed by atoms with Crippen molar-refractivity contribution in [2.24, 2.45) is 0 Å². The molecule has 0 atom stereocenters. The maximum absolute atomic E-state index is 11.8. The van der Waals surface area contributed by atoms with Crippen LogP contribution in [0.25, 0.3) is 0 Å². The molecular formula is C18H19N3O4S2. The zero-order chi connectivity index (χ0) is 19.1. The van der Waals surface area contributed by atoms with Gasteiger partial charge in [-0.05, 0) is 23.8 Å². The number of carbonyl (C=O) groups excluding carboxylic acids is 2. The van der Waals surface area contributed by atoms with Crippen LogP contribution in [-0.2, 0) is 16.1 Å². The maximum Gasteiger partial charge on any atom is 0.276 e. The number of thioether (sulfide) groups is 2. The highest BCUT2D eigenvalue weighted by Crippen LogP contribution is 2.45. The van der Waals surface area contributed by atoms with Gasteiger partial charge in [0.2, 0.25) is 0 Å². The average Bonchev–Trinajstić information content (AvgIpc) is 3.22. The number of hydrogen-bond donors (Lipinski definition) is 2. The highest BCUT2D eigenvalue weighted by Gasteiger charge is 2.18. The number of amides is 2. The summed E-state index contributed by atoms with van der Waals surface area (Å²) in [5.74, 6) is 1.92. The van der Waals surface area contributed by atoms with E-state index >= 15 is 0 Å². The Balaban J connectivity index is 1.39. The van der Waals surface area contributed by atoms with Gasteiger partial charge in [-0.2, -0.15) is 0 Å². The Labute approximate surface area is 164 Å². The molecule has 0 spiro atoms. The first kappa shape index (κ1) is 19.4. The van der Waals surface area contributed by atoms with Crippen molar-refractivity contribution >= 4 is 35.3 Å². The molecule has 3 rings (SSSR count). The largest absolute Gasteiger partial charge is 0.484 e. The molecule has 0 radical (unpaired) electrons. The van der Waals surface area contributed by atoms with E-state index in [0.717, 1.165) is 0 Å². The molecular weight excluding hydrogens is 386 g/mol. The highest BCUT2D eigenvalue weighted by atomic mass is 32.2. The van der Waals surface area contributed by atoms with Gasteiger partial charge in [-0.15, -0.1) is 23.5 Å². The van der Waals surface area contributed by atoms with E-state index in [1.807, 2.05) is 47.8 Å². The van der Waals surface area contributed by atoms with Crippen LogP contribution in [0.15, 0.2) is 53.5 Å². The number of hydrogen-bond acceptors (Lipinski definition) is 6. The molecule has 27 heavy (non-hydrogen) atoms. The second-order valence-electron chi connectivity index (χ2n) is 5.69. The minimum absolute atomic E-state index is 0.181. The third-order valence-electron chi connectivity index (χ3n) is 3.70. The van der Waals surface area contributed by atoms with Gasteiger partial charge in [0.1, 0.15) is 12.3 Å². The molecule has 0 aliphatic carbocycles.